The van der Waals surface area contributed by atoms with Crippen LogP contribution in [0.5, 0.6) is 5.75 Å². The number of benzene rings is 1. The molecule has 0 atom stereocenters. The Labute approximate surface area is 91.4 Å². The summed E-state index contributed by atoms with van der Waals surface area (Å²) in [7, 11) is 0. The van der Waals surface area contributed by atoms with Gasteiger partial charge in [-0.1, -0.05) is 24.8 Å². The summed E-state index contributed by atoms with van der Waals surface area (Å²) in [6.07, 6.45) is 1.43. The summed E-state index contributed by atoms with van der Waals surface area (Å²) >= 11 is 10.5. The van der Waals surface area contributed by atoms with Crippen molar-refractivity contribution < 1.29 is 9.90 Å². The van der Waals surface area contributed by atoms with E-state index in [1.807, 2.05) is 0 Å². The third-order valence-corrected chi connectivity index (χ3v) is 1.98. The summed E-state index contributed by atoms with van der Waals surface area (Å²) in [6, 6.07) is 4.63. The van der Waals surface area contributed by atoms with E-state index in [0.29, 0.717) is 9.50 Å². The molecule has 1 aromatic carbocycles. The summed E-state index contributed by atoms with van der Waals surface area (Å²) in [5.41, 5.74) is 0.485. The van der Waals surface area contributed by atoms with E-state index in [2.05, 4.69) is 6.58 Å². The molecule has 0 unspecified atom stereocenters. The van der Waals surface area contributed by atoms with Crippen molar-refractivity contribution in [3.8, 4) is 5.75 Å². The zero-order valence-electron chi connectivity index (χ0n) is 7.08. The van der Waals surface area contributed by atoms with Crippen LogP contribution in [0.2, 0.25) is 0 Å². The molecule has 1 aromatic rings. The van der Waals surface area contributed by atoms with E-state index in [1.165, 1.54) is 12.1 Å². The number of rotatable bonds is 2. The second-order valence-electron chi connectivity index (χ2n) is 2.49. The number of carbonyl (C=O) groups excluding carboxylic acids is 1. The number of phenols is 1. The van der Waals surface area contributed by atoms with E-state index in [1.54, 1.807) is 12.1 Å². The van der Waals surface area contributed by atoms with Gasteiger partial charge in [0.25, 0.3) is 5.91 Å². The fourth-order valence-electron chi connectivity index (χ4n) is 0.990. The highest BCUT2D eigenvalue weighted by Crippen LogP contribution is 2.25. The van der Waals surface area contributed by atoms with E-state index in [4.69, 9.17) is 23.6 Å². The van der Waals surface area contributed by atoms with Crippen molar-refractivity contribution in [1.82, 2.24) is 3.94 Å². The van der Waals surface area contributed by atoms with Crippen LogP contribution in [-0.2, 0) is 0 Å². The molecular formula is C9H7Cl2NO2. The van der Waals surface area contributed by atoms with Gasteiger partial charge in [-0.15, -0.1) is 0 Å². The smallest absolute Gasteiger partial charge is 0.287 e. The Kier molecular flexibility index (Phi) is 3.38. The second-order valence-corrected chi connectivity index (χ2v) is 3.33. The zero-order valence-corrected chi connectivity index (χ0v) is 8.59. The predicted molar refractivity (Wildman–Crippen MR) is 56.1 cm³/mol. The topological polar surface area (TPSA) is 40.5 Å². The molecule has 1 N–H and O–H groups in total. The Morgan fingerprint density at radius 1 is 1.50 bits per heavy atom. The van der Waals surface area contributed by atoms with Gasteiger partial charge >= 0.3 is 0 Å². The first kappa shape index (κ1) is 10.9. The van der Waals surface area contributed by atoms with Crippen LogP contribution in [0.25, 0.3) is 6.08 Å². The van der Waals surface area contributed by atoms with Gasteiger partial charge in [0.1, 0.15) is 5.75 Å². The van der Waals surface area contributed by atoms with Crippen molar-refractivity contribution in [2.24, 2.45) is 0 Å². The van der Waals surface area contributed by atoms with Crippen molar-refractivity contribution in [2.45, 2.75) is 0 Å². The van der Waals surface area contributed by atoms with Gasteiger partial charge in [-0.05, 0) is 6.07 Å². The fourth-order valence-corrected chi connectivity index (χ4v) is 1.17. The van der Waals surface area contributed by atoms with Gasteiger partial charge in [0, 0.05) is 29.1 Å². The number of para-hydroxylation sites is 1. The normalized spacial score (nSPS) is 9.57. The molecule has 1 amide bonds. The Balaban J connectivity index is 3.22. The minimum absolute atomic E-state index is 0.0346. The molecule has 0 heterocycles. The molecule has 14 heavy (non-hydrogen) atoms. The first-order valence-electron chi connectivity index (χ1n) is 3.68. The monoisotopic (exact) mass is 231 g/mol. The highest BCUT2D eigenvalue weighted by molar-refractivity contribution is 6.43. The zero-order chi connectivity index (χ0) is 10.7. The number of halogens is 2. The van der Waals surface area contributed by atoms with Gasteiger partial charge in [0.2, 0.25) is 0 Å². The van der Waals surface area contributed by atoms with Gasteiger partial charge in [-0.3, -0.25) is 4.79 Å². The molecule has 0 bridgehead atoms. The minimum atomic E-state index is -0.686. The van der Waals surface area contributed by atoms with Crippen LogP contribution in [0.1, 0.15) is 15.9 Å². The number of hydrogen-bond donors (Lipinski definition) is 1. The Morgan fingerprint density at radius 2 is 2.14 bits per heavy atom. The molecule has 0 aliphatic carbocycles. The van der Waals surface area contributed by atoms with Crippen molar-refractivity contribution >= 4 is 35.5 Å². The molecule has 0 aliphatic heterocycles. The average molecular weight is 232 g/mol. The Bertz CT molecular complexity index is 377. The van der Waals surface area contributed by atoms with E-state index in [9.17, 15) is 9.90 Å². The highest BCUT2D eigenvalue weighted by atomic mass is 35.5. The maximum absolute atomic E-state index is 11.3. The number of phenolic OH excluding ortho intramolecular Hbond substituents is 1. The van der Waals surface area contributed by atoms with Gasteiger partial charge in [-0.2, -0.15) is 3.94 Å². The van der Waals surface area contributed by atoms with Crippen LogP contribution < -0.4 is 0 Å². The molecule has 0 radical (unpaired) electrons. The van der Waals surface area contributed by atoms with Crippen LogP contribution in [0.4, 0.5) is 0 Å². The van der Waals surface area contributed by atoms with Crippen molar-refractivity contribution in [3.63, 3.8) is 0 Å². The fraction of sp³-hybridized carbons (Fsp3) is 0. The molecule has 5 heteroatoms. The van der Waals surface area contributed by atoms with Crippen LogP contribution >= 0.6 is 23.6 Å². The maximum Gasteiger partial charge on any atom is 0.287 e. The molecule has 0 spiro atoms. The third-order valence-electron chi connectivity index (χ3n) is 1.67. The van der Waals surface area contributed by atoms with E-state index >= 15 is 0 Å². The largest absolute Gasteiger partial charge is 0.506 e. The number of aromatic hydroxyl groups is 1. The Morgan fingerprint density at radius 3 is 2.64 bits per heavy atom. The minimum Gasteiger partial charge on any atom is -0.506 e. The lowest BCUT2D eigenvalue weighted by Gasteiger charge is -2.07. The molecule has 0 saturated heterocycles. The molecule has 0 saturated carbocycles. The predicted octanol–water partition coefficient (Wildman–Crippen LogP) is 2.79. The van der Waals surface area contributed by atoms with Gasteiger partial charge in [0.05, 0.1) is 5.56 Å². The van der Waals surface area contributed by atoms with Crippen LogP contribution in [0, 0.1) is 0 Å². The number of carbonyl (C=O) groups is 1. The second kappa shape index (κ2) is 4.35. The SMILES string of the molecule is C=Cc1cccc(C(=O)N(Cl)Cl)c1O. The summed E-state index contributed by atoms with van der Waals surface area (Å²) in [6.45, 7) is 3.49. The van der Waals surface area contributed by atoms with Crippen LogP contribution in [0.15, 0.2) is 24.8 Å². The maximum atomic E-state index is 11.3. The quantitative estimate of drug-likeness (QED) is 0.796. The van der Waals surface area contributed by atoms with E-state index in [0.717, 1.165) is 0 Å². The molecule has 0 aliphatic rings. The van der Waals surface area contributed by atoms with Crippen molar-refractivity contribution in [3.05, 3.63) is 35.9 Å². The summed E-state index contributed by atoms with van der Waals surface area (Å²) in [4.78, 5) is 11.3. The highest BCUT2D eigenvalue weighted by Gasteiger charge is 2.17. The van der Waals surface area contributed by atoms with E-state index < -0.39 is 5.91 Å². The first-order valence-corrected chi connectivity index (χ1v) is 4.36. The third kappa shape index (κ3) is 2.00. The van der Waals surface area contributed by atoms with Crippen LogP contribution in [-0.4, -0.2) is 15.0 Å². The van der Waals surface area contributed by atoms with E-state index in [-0.39, 0.29) is 11.3 Å². The summed E-state index contributed by atoms with van der Waals surface area (Å²) in [5, 5.41) is 9.57. The standard InChI is InChI=1S/C9H7Cl2NO2/c1-2-6-4-3-5-7(8(6)13)9(14)12(10)11/h2-5,13H,1H2. The number of hydrogen-bond acceptors (Lipinski definition) is 2. The molecular weight excluding hydrogens is 225 g/mol. The number of amides is 1. The molecule has 0 aromatic heterocycles. The molecule has 0 fully saturated rings. The van der Waals surface area contributed by atoms with Gasteiger partial charge in [-0.25, -0.2) is 0 Å². The molecule has 74 valence electrons. The number of nitrogens with zero attached hydrogens (tertiary/aromatic N) is 1. The summed E-state index contributed by atoms with van der Waals surface area (Å²) < 4.78 is 0.363. The van der Waals surface area contributed by atoms with Gasteiger partial charge in [0.15, 0.2) is 0 Å². The molecule has 3 nitrogen and oxygen atoms in total. The van der Waals surface area contributed by atoms with Gasteiger partial charge < -0.3 is 5.11 Å². The first-order chi connectivity index (χ1) is 6.57. The van der Waals surface area contributed by atoms with Crippen molar-refractivity contribution in [2.75, 3.05) is 0 Å². The van der Waals surface area contributed by atoms with Crippen LogP contribution in [0.3, 0.4) is 0 Å². The lowest BCUT2D eigenvalue weighted by atomic mass is 10.1. The molecule has 1 rings (SSSR count). The lowest BCUT2D eigenvalue weighted by molar-refractivity contribution is 0.0921. The Hall–Kier alpha value is -1.19. The van der Waals surface area contributed by atoms with Crippen molar-refractivity contribution in [1.29, 1.82) is 0 Å². The average Bonchev–Trinajstić information content (AvgIpc) is 2.17. The summed E-state index contributed by atoms with van der Waals surface area (Å²) in [5.74, 6) is -0.867. The lowest BCUT2D eigenvalue weighted by Crippen LogP contribution is -2.11.